The zero-order valence-electron chi connectivity index (χ0n) is 45.7. The second-order valence-electron chi connectivity index (χ2n) is 24.2. The average molecular weight is 998 g/mol. The minimum atomic E-state index is -0.191. The molecule has 2 aliphatic heterocycles. The quantitative estimate of drug-likeness (QED) is 0.148. The fraction of sp³-hybridized carbons (Fsp3) is 0.167. The minimum absolute atomic E-state index is 0.00588. The van der Waals surface area contributed by atoms with E-state index in [1.54, 1.807) is 0 Å². The third kappa shape index (κ3) is 8.32. The van der Waals surface area contributed by atoms with Crippen molar-refractivity contribution in [3.8, 4) is 33.4 Å². The SMILES string of the molecule is CC(C)(C)c1ccc(N2B3c4cc(C(C)(C)C)ccc4N(c4ccc(C(C)(C)C)cc4)c4cc(N(c5ccc(-c6ccccc6)cc5)c5ccc(-c6ccccc6)cc5)cc(c43)-c3c2ccc2oc4ccccc4c32)cc1. The summed E-state index contributed by atoms with van der Waals surface area (Å²) in [6.45, 7) is 20.6. The lowest BCUT2D eigenvalue weighted by Crippen LogP contribution is -2.61. The summed E-state index contributed by atoms with van der Waals surface area (Å²) in [7, 11) is 0. The molecule has 10 aromatic carbocycles. The van der Waals surface area contributed by atoms with Gasteiger partial charge in [-0.05, 0) is 157 Å². The zero-order chi connectivity index (χ0) is 53.0. The summed E-state index contributed by atoms with van der Waals surface area (Å²) < 4.78 is 6.84. The van der Waals surface area contributed by atoms with Gasteiger partial charge in [-0.15, -0.1) is 0 Å². The molecule has 0 fully saturated rings. The highest BCUT2D eigenvalue weighted by Crippen LogP contribution is 2.53. The number of furan rings is 1. The molecule has 376 valence electrons. The first-order chi connectivity index (χ1) is 37.1. The highest BCUT2D eigenvalue weighted by molar-refractivity contribution is 6.93. The molecule has 0 bridgehead atoms. The molecule has 0 saturated carbocycles. The van der Waals surface area contributed by atoms with E-state index < -0.39 is 0 Å². The largest absolute Gasteiger partial charge is 0.456 e. The van der Waals surface area contributed by atoms with Crippen molar-refractivity contribution in [2.24, 2.45) is 0 Å². The summed E-state index contributed by atoms with van der Waals surface area (Å²) in [4.78, 5) is 7.66. The van der Waals surface area contributed by atoms with Crippen LogP contribution in [0.15, 0.2) is 229 Å². The third-order valence-corrected chi connectivity index (χ3v) is 16.1. The Labute approximate surface area is 455 Å². The van der Waals surface area contributed by atoms with Crippen LogP contribution in [0.4, 0.5) is 45.5 Å². The monoisotopic (exact) mass is 998 g/mol. The van der Waals surface area contributed by atoms with Gasteiger partial charge in [-0.3, -0.25) is 0 Å². The zero-order valence-corrected chi connectivity index (χ0v) is 45.7. The second-order valence-corrected chi connectivity index (χ2v) is 24.2. The maximum Gasteiger partial charge on any atom is 0.333 e. The van der Waals surface area contributed by atoms with Crippen LogP contribution in [0.1, 0.15) is 79.0 Å². The summed E-state index contributed by atoms with van der Waals surface area (Å²) in [6.07, 6.45) is 0. The van der Waals surface area contributed by atoms with E-state index in [2.05, 4.69) is 301 Å². The molecule has 11 aromatic rings. The molecule has 0 N–H and O–H groups in total. The fourth-order valence-corrected chi connectivity index (χ4v) is 12.0. The highest BCUT2D eigenvalue weighted by atomic mass is 16.3. The molecule has 0 spiro atoms. The van der Waals surface area contributed by atoms with Crippen molar-refractivity contribution in [2.45, 2.75) is 78.6 Å². The number of benzene rings is 10. The molecule has 5 heteroatoms. The summed E-state index contributed by atoms with van der Waals surface area (Å²) in [5.41, 5.74) is 24.1. The number of para-hydroxylation sites is 1. The van der Waals surface area contributed by atoms with Crippen molar-refractivity contribution in [1.29, 1.82) is 0 Å². The average Bonchev–Trinajstić information content (AvgIpc) is 4.04. The molecule has 3 heterocycles. The molecule has 13 rings (SSSR count). The molecular formula is C72H64BN3O. The molecule has 2 aliphatic rings. The van der Waals surface area contributed by atoms with Crippen LogP contribution in [-0.4, -0.2) is 6.85 Å². The van der Waals surface area contributed by atoms with Crippen molar-refractivity contribution in [1.82, 2.24) is 0 Å². The van der Waals surface area contributed by atoms with Crippen molar-refractivity contribution in [3.63, 3.8) is 0 Å². The third-order valence-electron chi connectivity index (χ3n) is 16.1. The Bertz CT molecular complexity index is 3930. The Kier molecular flexibility index (Phi) is 11.3. The number of hydrogen-bond donors (Lipinski definition) is 0. The molecule has 0 unspecified atom stereocenters. The molecule has 1 aromatic heterocycles. The Morgan fingerprint density at radius 1 is 0.390 bits per heavy atom. The maximum atomic E-state index is 6.84. The second kappa shape index (κ2) is 18.1. The van der Waals surface area contributed by atoms with Gasteiger partial charge in [0, 0.05) is 61.8 Å². The van der Waals surface area contributed by atoms with E-state index in [0.717, 1.165) is 61.8 Å². The Morgan fingerprint density at radius 3 is 1.44 bits per heavy atom. The van der Waals surface area contributed by atoms with Gasteiger partial charge in [-0.1, -0.05) is 202 Å². The topological polar surface area (TPSA) is 22.9 Å². The van der Waals surface area contributed by atoms with Crippen LogP contribution in [0.25, 0.3) is 55.3 Å². The van der Waals surface area contributed by atoms with E-state index in [-0.39, 0.29) is 23.1 Å². The lowest BCUT2D eigenvalue weighted by molar-refractivity contribution is 0.590. The molecule has 0 amide bonds. The molecule has 77 heavy (non-hydrogen) atoms. The van der Waals surface area contributed by atoms with E-state index in [1.807, 2.05) is 0 Å². The number of rotatable bonds is 7. The number of fused-ring (bicyclic) bond motifs is 8. The maximum absolute atomic E-state index is 6.84. The molecule has 0 saturated heterocycles. The van der Waals surface area contributed by atoms with Gasteiger partial charge in [0.2, 0.25) is 0 Å². The normalized spacial score (nSPS) is 13.2. The minimum Gasteiger partial charge on any atom is -0.456 e. The first-order valence-corrected chi connectivity index (χ1v) is 27.3. The summed E-state index contributed by atoms with van der Waals surface area (Å²) in [5, 5.41) is 2.22. The van der Waals surface area contributed by atoms with Crippen molar-refractivity contribution < 1.29 is 4.42 Å². The fourth-order valence-electron chi connectivity index (χ4n) is 12.0. The van der Waals surface area contributed by atoms with Gasteiger partial charge in [-0.25, -0.2) is 0 Å². The van der Waals surface area contributed by atoms with Crippen LogP contribution in [0.3, 0.4) is 0 Å². The van der Waals surface area contributed by atoms with Crippen LogP contribution in [-0.2, 0) is 16.2 Å². The van der Waals surface area contributed by atoms with E-state index in [0.29, 0.717) is 0 Å². The van der Waals surface area contributed by atoms with Crippen LogP contribution in [0.5, 0.6) is 0 Å². The van der Waals surface area contributed by atoms with E-state index in [1.165, 1.54) is 66.7 Å². The molecule has 0 aliphatic carbocycles. The standard InChI is InChI=1S/C72H64BN3O/c1-70(2,3)51-28-37-56(38-29-51)75-62-41-32-53(72(7,8)9)44-61(62)73-69-60(67-63(76(73)57-39-30-52(31-40-57)71(4,5)6)42-43-66-68(67)59-22-16-17-23-65(59)77-66)45-58(46-64(69)75)74(54-33-24-49(25-34-54)47-18-12-10-13-19-47)55-35-26-50(27-36-55)48-20-14-11-15-21-48/h10-46H,1-9H3. The van der Waals surface area contributed by atoms with Gasteiger partial charge in [0.15, 0.2) is 0 Å². The van der Waals surface area contributed by atoms with Crippen LogP contribution < -0.4 is 25.5 Å². The summed E-state index contributed by atoms with van der Waals surface area (Å²) >= 11 is 0. The van der Waals surface area contributed by atoms with Crippen LogP contribution in [0.2, 0.25) is 0 Å². The van der Waals surface area contributed by atoms with Crippen molar-refractivity contribution in [2.75, 3.05) is 14.6 Å². The lowest BCUT2D eigenvalue weighted by atomic mass is 9.43. The molecule has 0 atom stereocenters. The van der Waals surface area contributed by atoms with Gasteiger partial charge in [-0.2, -0.15) is 0 Å². The van der Waals surface area contributed by atoms with E-state index in [9.17, 15) is 0 Å². The van der Waals surface area contributed by atoms with Crippen LogP contribution in [0, 0.1) is 0 Å². The molecule has 4 nitrogen and oxygen atoms in total. The number of hydrogen-bond acceptors (Lipinski definition) is 4. The van der Waals surface area contributed by atoms with Gasteiger partial charge in [0.05, 0.1) is 0 Å². The predicted octanol–water partition coefficient (Wildman–Crippen LogP) is 19.0. The van der Waals surface area contributed by atoms with Crippen molar-refractivity contribution in [3.05, 3.63) is 241 Å². The molecule has 0 radical (unpaired) electrons. The molecular weight excluding hydrogens is 934 g/mol. The predicted molar refractivity (Wildman–Crippen MR) is 329 cm³/mol. The van der Waals surface area contributed by atoms with Gasteiger partial charge in [0.25, 0.3) is 0 Å². The Balaban J connectivity index is 1.15. The van der Waals surface area contributed by atoms with Gasteiger partial charge >= 0.3 is 6.85 Å². The van der Waals surface area contributed by atoms with Crippen molar-refractivity contribution >= 4 is 85.2 Å². The smallest absolute Gasteiger partial charge is 0.333 e. The number of nitrogens with zero attached hydrogens (tertiary/aromatic N) is 3. The van der Waals surface area contributed by atoms with Gasteiger partial charge in [0.1, 0.15) is 11.2 Å². The van der Waals surface area contributed by atoms with E-state index in [4.69, 9.17) is 4.42 Å². The van der Waals surface area contributed by atoms with Crippen LogP contribution >= 0.6 is 0 Å². The van der Waals surface area contributed by atoms with E-state index >= 15 is 0 Å². The first-order valence-electron chi connectivity index (χ1n) is 27.3. The Morgan fingerprint density at radius 2 is 0.883 bits per heavy atom. The summed E-state index contributed by atoms with van der Waals surface area (Å²) in [6, 6.07) is 83.6. The van der Waals surface area contributed by atoms with Gasteiger partial charge < -0.3 is 19.0 Å². The highest BCUT2D eigenvalue weighted by Gasteiger charge is 2.47. The Hall–Kier alpha value is -8.54. The first kappa shape index (κ1) is 48.1. The number of anilines is 8. The lowest BCUT2D eigenvalue weighted by Gasteiger charge is -2.47. The summed E-state index contributed by atoms with van der Waals surface area (Å²) in [5.74, 6) is 0.